The molecule has 0 aromatic carbocycles. The largest absolute Gasteiger partial charge is 0.447 e. The highest BCUT2D eigenvalue weighted by Gasteiger charge is 2.26. The maximum atomic E-state index is 12.5. The van der Waals surface area contributed by atoms with Crippen molar-refractivity contribution in [3.63, 3.8) is 0 Å². The van der Waals surface area contributed by atoms with Gasteiger partial charge in [-0.25, -0.2) is 15.0 Å². The molecule has 1 fully saturated rings. The second-order valence-electron chi connectivity index (χ2n) is 6.03. The molecule has 122 valence electrons. The number of carbonyl (C=O) groups excluding carboxylic acids is 1. The van der Waals surface area contributed by atoms with Crippen LogP contribution in [-0.4, -0.2) is 40.0 Å². The van der Waals surface area contributed by atoms with Crippen molar-refractivity contribution in [2.45, 2.75) is 38.6 Å². The predicted molar refractivity (Wildman–Crippen MR) is 85.3 cm³/mol. The minimum absolute atomic E-state index is 0.0526. The van der Waals surface area contributed by atoms with Gasteiger partial charge in [-0.1, -0.05) is 13.8 Å². The fourth-order valence-electron chi connectivity index (χ4n) is 2.82. The molecule has 7 heteroatoms. The summed E-state index contributed by atoms with van der Waals surface area (Å²) in [7, 11) is 0. The molecule has 0 spiro atoms. The summed E-state index contributed by atoms with van der Waals surface area (Å²) in [6.07, 6.45) is 6.71. The Bertz CT molecular complexity index is 656. The Kier molecular flexibility index (Phi) is 4.55. The van der Waals surface area contributed by atoms with Crippen LogP contribution in [0.25, 0.3) is 0 Å². The van der Waals surface area contributed by atoms with Gasteiger partial charge in [0, 0.05) is 37.4 Å². The first-order chi connectivity index (χ1) is 11.1. The third-order valence-electron chi connectivity index (χ3n) is 3.93. The molecule has 3 rings (SSSR count). The Morgan fingerprint density at radius 1 is 1.35 bits per heavy atom. The van der Waals surface area contributed by atoms with Gasteiger partial charge in [-0.05, 0) is 18.9 Å². The van der Waals surface area contributed by atoms with Crippen molar-refractivity contribution in [2.24, 2.45) is 0 Å². The van der Waals surface area contributed by atoms with E-state index in [-0.39, 0.29) is 17.9 Å². The summed E-state index contributed by atoms with van der Waals surface area (Å²) in [4.78, 5) is 27.2. The molecule has 1 saturated heterocycles. The Morgan fingerprint density at radius 3 is 2.87 bits per heavy atom. The van der Waals surface area contributed by atoms with Crippen LogP contribution in [0.4, 0.5) is 5.95 Å². The monoisotopic (exact) mass is 315 g/mol. The second-order valence-corrected chi connectivity index (χ2v) is 6.03. The minimum atomic E-state index is -0.178. The van der Waals surface area contributed by atoms with Gasteiger partial charge in [-0.2, -0.15) is 0 Å². The zero-order valence-electron chi connectivity index (χ0n) is 13.4. The summed E-state index contributed by atoms with van der Waals surface area (Å²) in [5, 5.41) is 3.06. The van der Waals surface area contributed by atoms with Gasteiger partial charge < -0.3 is 14.6 Å². The molecular weight excluding hydrogens is 294 g/mol. The van der Waals surface area contributed by atoms with Crippen LogP contribution < -0.4 is 10.2 Å². The van der Waals surface area contributed by atoms with Crippen molar-refractivity contribution in [2.75, 3.05) is 18.0 Å². The maximum Gasteiger partial charge on any atom is 0.273 e. The highest BCUT2D eigenvalue weighted by atomic mass is 16.3. The number of hydrogen-bond donors (Lipinski definition) is 1. The summed E-state index contributed by atoms with van der Waals surface area (Å²) in [6, 6.07) is 1.85. The molecule has 1 atom stereocenters. The van der Waals surface area contributed by atoms with Crippen molar-refractivity contribution in [3.8, 4) is 0 Å². The van der Waals surface area contributed by atoms with Crippen LogP contribution in [-0.2, 0) is 0 Å². The first-order valence-corrected chi connectivity index (χ1v) is 7.91. The lowest BCUT2D eigenvalue weighted by Gasteiger charge is -2.32. The number of amides is 1. The molecule has 23 heavy (non-hydrogen) atoms. The van der Waals surface area contributed by atoms with Gasteiger partial charge in [0.2, 0.25) is 5.95 Å². The van der Waals surface area contributed by atoms with Crippen LogP contribution in [0.3, 0.4) is 0 Å². The Balaban J connectivity index is 1.66. The zero-order chi connectivity index (χ0) is 16.2. The van der Waals surface area contributed by atoms with Crippen LogP contribution in [0.15, 0.2) is 29.3 Å². The van der Waals surface area contributed by atoms with E-state index in [1.54, 1.807) is 18.5 Å². The SMILES string of the molecule is CC(C)c1ocnc1C(=O)N[C@H]1CCCN(c2ncccn2)C1. The molecule has 0 aliphatic carbocycles. The Morgan fingerprint density at radius 2 is 2.13 bits per heavy atom. The summed E-state index contributed by atoms with van der Waals surface area (Å²) in [6.45, 7) is 5.56. The van der Waals surface area contributed by atoms with E-state index in [4.69, 9.17) is 4.42 Å². The molecule has 1 aliphatic rings. The minimum Gasteiger partial charge on any atom is -0.447 e. The van der Waals surface area contributed by atoms with Crippen molar-refractivity contribution in [3.05, 3.63) is 36.3 Å². The second kappa shape index (κ2) is 6.76. The van der Waals surface area contributed by atoms with Crippen LogP contribution in [0, 0.1) is 0 Å². The van der Waals surface area contributed by atoms with Gasteiger partial charge in [0.15, 0.2) is 12.1 Å². The lowest BCUT2D eigenvalue weighted by atomic mass is 10.0. The van der Waals surface area contributed by atoms with E-state index in [0.29, 0.717) is 23.9 Å². The van der Waals surface area contributed by atoms with Crippen LogP contribution in [0.2, 0.25) is 0 Å². The predicted octanol–water partition coefficient (Wildman–Crippen LogP) is 1.99. The van der Waals surface area contributed by atoms with Crippen molar-refractivity contribution in [1.29, 1.82) is 0 Å². The Hall–Kier alpha value is -2.44. The summed E-state index contributed by atoms with van der Waals surface area (Å²) >= 11 is 0. The van der Waals surface area contributed by atoms with Crippen molar-refractivity contribution >= 4 is 11.9 Å². The number of hydrogen-bond acceptors (Lipinski definition) is 6. The summed E-state index contributed by atoms with van der Waals surface area (Å²) in [5.41, 5.74) is 0.382. The average Bonchev–Trinajstić information content (AvgIpc) is 3.06. The first-order valence-electron chi connectivity index (χ1n) is 7.91. The lowest BCUT2D eigenvalue weighted by molar-refractivity contribution is 0.0926. The number of oxazole rings is 1. The fraction of sp³-hybridized carbons (Fsp3) is 0.500. The third-order valence-corrected chi connectivity index (χ3v) is 3.93. The quantitative estimate of drug-likeness (QED) is 0.929. The van der Waals surface area contributed by atoms with Gasteiger partial charge in [0.1, 0.15) is 5.76 Å². The zero-order valence-corrected chi connectivity index (χ0v) is 13.4. The number of nitrogens with zero attached hydrogens (tertiary/aromatic N) is 4. The standard InChI is InChI=1S/C16H21N5O2/c1-11(2)14-13(19-10-23-14)15(22)20-12-5-3-8-21(9-12)16-17-6-4-7-18-16/h4,6-7,10-12H,3,5,8-9H2,1-2H3,(H,20,22)/t12-/m0/s1. The smallest absolute Gasteiger partial charge is 0.273 e. The molecule has 7 nitrogen and oxygen atoms in total. The molecule has 0 saturated carbocycles. The van der Waals surface area contributed by atoms with E-state index in [2.05, 4.69) is 25.2 Å². The highest BCUT2D eigenvalue weighted by molar-refractivity contribution is 5.93. The van der Waals surface area contributed by atoms with Crippen LogP contribution in [0.5, 0.6) is 0 Å². The van der Waals surface area contributed by atoms with Gasteiger partial charge >= 0.3 is 0 Å². The summed E-state index contributed by atoms with van der Waals surface area (Å²) in [5.74, 6) is 1.28. The number of anilines is 1. The number of piperidine rings is 1. The lowest BCUT2D eigenvalue weighted by Crippen LogP contribution is -2.48. The fourth-order valence-corrected chi connectivity index (χ4v) is 2.82. The van der Waals surface area contributed by atoms with Crippen molar-refractivity contribution in [1.82, 2.24) is 20.3 Å². The van der Waals surface area contributed by atoms with E-state index in [1.165, 1.54) is 6.39 Å². The average molecular weight is 315 g/mol. The van der Waals surface area contributed by atoms with E-state index in [9.17, 15) is 4.79 Å². The molecule has 2 aromatic heterocycles. The van der Waals surface area contributed by atoms with Gasteiger partial charge in [-0.3, -0.25) is 4.79 Å². The Labute approximate surface area is 135 Å². The number of carbonyl (C=O) groups is 1. The maximum absolute atomic E-state index is 12.5. The number of nitrogens with one attached hydrogen (secondary N) is 1. The molecule has 2 aromatic rings. The van der Waals surface area contributed by atoms with E-state index < -0.39 is 0 Å². The molecule has 0 radical (unpaired) electrons. The first kappa shape index (κ1) is 15.5. The molecule has 1 aliphatic heterocycles. The van der Waals surface area contributed by atoms with Crippen molar-refractivity contribution < 1.29 is 9.21 Å². The highest BCUT2D eigenvalue weighted by Crippen LogP contribution is 2.19. The number of aromatic nitrogens is 3. The van der Waals surface area contributed by atoms with E-state index >= 15 is 0 Å². The van der Waals surface area contributed by atoms with E-state index in [1.807, 2.05) is 13.8 Å². The topological polar surface area (TPSA) is 84.2 Å². The normalized spacial score (nSPS) is 18.2. The molecule has 1 N–H and O–H groups in total. The van der Waals surface area contributed by atoms with Gasteiger partial charge in [0.05, 0.1) is 0 Å². The van der Waals surface area contributed by atoms with E-state index in [0.717, 1.165) is 19.4 Å². The summed E-state index contributed by atoms with van der Waals surface area (Å²) < 4.78 is 5.32. The van der Waals surface area contributed by atoms with Gasteiger partial charge in [-0.15, -0.1) is 0 Å². The third kappa shape index (κ3) is 3.49. The molecule has 0 bridgehead atoms. The number of rotatable bonds is 4. The molecular formula is C16H21N5O2. The van der Waals surface area contributed by atoms with Gasteiger partial charge in [0.25, 0.3) is 5.91 Å². The molecule has 3 heterocycles. The van der Waals surface area contributed by atoms with Crippen LogP contribution >= 0.6 is 0 Å². The van der Waals surface area contributed by atoms with Crippen LogP contribution in [0.1, 0.15) is 48.9 Å². The molecule has 1 amide bonds. The molecule has 0 unspecified atom stereocenters.